The van der Waals surface area contributed by atoms with Crippen molar-refractivity contribution >= 4 is 23.5 Å². The average molecular weight is 362 g/mol. The second-order valence-corrected chi connectivity index (χ2v) is 6.72. The molecule has 1 saturated heterocycles. The molecule has 1 saturated carbocycles. The molecular formula is C18H23FN4O3. The number of carbonyl (C=O) groups excluding carboxylic acids is 3. The molecule has 3 rings (SSSR count). The number of amides is 4. The van der Waals surface area contributed by atoms with Gasteiger partial charge >= 0.3 is 6.03 Å². The average Bonchev–Trinajstić information content (AvgIpc) is 3.11. The number of anilines is 1. The Kier molecular flexibility index (Phi) is 5.70. The van der Waals surface area contributed by atoms with Gasteiger partial charge in [0.05, 0.1) is 6.54 Å². The second-order valence-electron chi connectivity index (χ2n) is 6.72. The Bertz CT molecular complexity index is 674. The molecule has 0 unspecified atom stereocenters. The van der Waals surface area contributed by atoms with Crippen LogP contribution in [0.2, 0.25) is 0 Å². The minimum Gasteiger partial charge on any atom is -0.352 e. The van der Waals surface area contributed by atoms with Gasteiger partial charge in [-0.15, -0.1) is 0 Å². The smallest absolute Gasteiger partial charge is 0.322 e. The van der Waals surface area contributed by atoms with Crippen LogP contribution in [0.4, 0.5) is 14.9 Å². The van der Waals surface area contributed by atoms with Gasteiger partial charge in [-0.2, -0.15) is 0 Å². The fraction of sp³-hybridized carbons (Fsp3) is 0.500. The summed E-state index contributed by atoms with van der Waals surface area (Å²) in [5.41, 5.74) is 0.460. The summed E-state index contributed by atoms with van der Waals surface area (Å²) in [5.74, 6) is -0.788. The minimum atomic E-state index is -0.417. The Morgan fingerprint density at radius 3 is 2.46 bits per heavy atom. The molecule has 0 bridgehead atoms. The van der Waals surface area contributed by atoms with Crippen LogP contribution in [0.1, 0.15) is 25.7 Å². The van der Waals surface area contributed by atoms with Gasteiger partial charge in [-0.3, -0.25) is 9.59 Å². The van der Waals surface area contributed by atoms with Crippen molar-refractivity contribution in [3.05, 3.63) is 30.1 Å². The van der Waals surface area contributed by atoms with Gasteiger partial charge in [0.1, 0.15) is 12.4 Å². The summed E-state index contributed by atoms with van der Waals surface area (Å²) in [4.78, 5) is 39.4. The van der Waals surface area contributed by atoms with Crippen LogP contribution in [0.15, 0.2) is 24.3 Å². The van der Waals surface area contributed by atoms with Crippen molar-refractivity contribution in [3.63, 3.8) is 0 Å². The topological polar surface area (TPSA) is 81.8 Å². The third-order valence-electron chi connectivity index (χ3n) is 4.76. The molecule has 2 fully saturated rings. The maximum atomic E-state index is 12.9. The lowest BCUT2D eigenvalue weighted by Crippen LogP contribution is -2.55. The lowest BCUT2D eigenvalue weighted by molar-refractivity contribution is -0.139. The van der Waals surface area contributed by atoms with E-state index in [4.69, 9.17) is 0 Å². The molecule has 26 heavy (non-hydrogen) atoms. The van der Waals surface area contributed by atoms with Crippen LogP contribution in [0, 0.1) is 5.82 Å². The molecule has 0 radical (unpaired) electrons. The summed E-state index contributed by atoms with van der Waals surface area (Å²) in [6, 6.07) is 5.22. The number of hydrogen-bond donors (Lipinski definition) is 2. The van der Waals surface area contributed by atoms with Crippen molar-refractivity contribution in [1.82, 2.24) is 15.1 Å². The number of hydrogen-bond acceptors (Lipinski definition) is 3. The highest BCUT2D eigenvalue weighted by atomic mass is 19.1. The second kappa shape index (κ2) is 8.16. The van der Waals surface area contributed by atoms with Gasteiger partial charge in [0.2, 0.25) is 11.8 Å². The summed E-state index contributed by atoms with van der Waals surface area (Å²) in [6.07, 6.45) is 4.26. The van der Waals surface area contributed by atoms with Crippen LogP contribution in [-0.2, 0) is 9.59 Å². The van der Waals surface area contributed by atoms with Gasteiger partial charge < -0.3 is 20.4 Å². The van der Waals surface area contributed by atoms with E-state index in [1.54, 1.807) is 0 Å². The standard InChI is InChI=1S/C18H23FN4O3/c19-13-5-7-15(8-6-13)21-18(26)23-10-9-22(17(25)12-23)11-16(24)20-14-3-1-2-4-14/h5-8,14H,1-4,9-12H2,(H,20,24)(H,21,26). The predicted molar refractivity (Wildman–Crippen MR) is 94.0 cm³/mol. The summed E-state index contributed by atoms with van der Waals surface area (Å²) in [6.45, 7) is 0.607. The fourth-order valence-electron chi connectivity index (χ4n) is 3.30. The highest BCUT2D eigenvalue weighted by Gasteiger charge is 2.29. The monoisotopic (exact) mass is 362 g/mol. The predicted octanol–water partition coefficient (Wildman–Crippen LogP) is 1.56. The Balaban J connectivity index is 1.46. The first-order chi connectivity index (χ1) is 12.5. The lowest BCUT2D eigenvalue weighted by Gasteiger charge is -2.34. The number of carbonyl (C=O) groups is 3. The zero-order valence-corrected chi connectivity index (χ0v) is 14.5. The van der Waals surface area contributed by atoms with Gasteiger partial charge in [0, 0.05) is 24.8 Å². The van der Waals surface area contributed by atoms with Crippen molar-refractivity contribution in [1.29, 1.82) is 0 Å². The molecule has 4 amide bonds. The van der Waals surface area contributed by atoms with E-state index in [-0.39, 0.29) is 36.8 Å². The van der Waals surface area contributed by atoms with Crippen LogP contribution >= 0.6 is 0 Å². The normalized spacial score (nSPS) is 18.1. The maximum absolute atomic E-state index is 12.9. The van der Waals surface area contributed by atoms with E-state index in [0.29, 0.717) is 18.8 Å². The molecule has 1 aliphatic heterocycles. The highest BCUT2D eigenvalue weighted by molar-refractivity contribution is 5.94. The van der Waals surface area contributed by atoms with Crippen LogP contribution in [-0.4, -0.2) is 59.9 Å². The van der Waals surface area contributed by atoms with E-state index in [9.17, 15) is 18.8 Å². The number of benzene rings is 1. The first kappa shape index (κ1) is 18.2. The molecule has 140 valence electrons. The Labute approximate surface area is 151 Å². The van der Waals surface area contributed by atoms with Crippen LogP contribution in [0.5, 0.6) is 0 Å². The summed E-state index contributed by atoms with van der Waals surface area (Å²) >= 11 is 0. The van der Waals surface area contributed by atoms with Crippen LogP contribution < -0.4 is 10.6 Å². The highest BCUT2D eigenvalue weighted by Crippen LogP contribution is 2.17. The van der Waals surface area contributed by atoms with Gasteiger partial charge in [0.15, 0.2) is 0 Å². The fourth-order valence-corrected chi connectivity index (χ4v) is 3.30. The van der Waals surface area contributed by atoms with Crippen molar-refractivity contribution < 1.29 is 18.8 Å². The van der Waals surface area contributed by atoms with Gasteiger partial charge in [-0.05, 0) is 37.1 Å². The number of piperazine rings is 1. The lowest BCUT2D eigenvalue weighted by atomic mass is 10.2. The first-order valence-electron chi connectivity index (χ1n) is 8.90. The molecule has 0 atom stereocenters. The zero-order valence-electron chi connectivity index (χ0n) is 14.5. The molecule has 1 heterocycles. The number of halogens is 1. The number of urea groups is 1. The Hall–Kier alpha value is -2.64. The Morgan fingerprint density at radius 2 is 1.81 bits per heavy atom. The van der Waals surface area contributed by atoms with Gasteiger partial charge in [-0.1, -0.05) is 12.8 Å². The van der Waals surface area contributed by atoms with Crippen molar-refractivity contribution in [3.8, 4) is 0 Å². The van der Waals surface area contributed by atoms with Crippen LogP contribution in [0.25, 0.3) is 0 Å². The summed E-state index contributed by atoms with van der Waals surface area (Å²) < 4.78 is 12.9. The molecule has 7 nitrogen and oxygen atoms in total. The molecular weight excluding hydrogens is 339 g/mol. The van der Waals surface area contributed by atoms with E-state index in [2.05, 4.69) is 10.6 Å². The maximum Gasteiger partial charge on any atom is 0.322 e. The molecule has 2 aliphatic rings. The Morgan fingerprint density at radius 1 is 1.12 bits per heavy atom. The number of nitrogens with one attached hydrogen (secondary N) is 2. The van der Waals surface area contributed by atoms with E-state index in [1.807, 2.05) is 0 Å². The molecule has 0 aromatic heterocycles. The molecule has 8 heteroatoms. The van der Waals surface area contributed by atoms with E-state index in [1.165, 1.54) is 34.1 Å². The molecule has 0 spiro atoms. The molecule has 1 aromatic carbocycles. The van der Waals surface area contributed by atoms with Gasteiger partial charge in [-0.25, -0.2) is 9.18 Å². The SMILES string of the molecule is O=C(CN1CCN(C(=O)Nc2ccc(F)cc2)CC1=O)NC1CCCC1. The van der Waals surface area contributed by atoms with Crippen LogP contribution in [0.3, 0.4) is 0 Å². The van der Waals surface area contributed by atoms with Crippen molar-refractivity contribution in [2.45, 2.75) is 31.7 Å². The molecule has 2 N–H and O–H groups in total. The third-order valence-corrected chi connectivity index (χ3v) is 4.76. The third kappa shape index (κ3) is 4.71. The van der Waals surface area contributed by atoms with E-state index >= 15 is 0 Å². The van der Waals surface area contributed by atoms with Crippen molar-refractivity contribution in [2.75, 3.05) is 31.5 Å². The summed E-state index contributed by atoms with van der Waals surface area (Å²) in [5, 5.41) is 5.60. The quantitative estimate of drug-likeness (QED) is 0.853. The molecule has 1 aliphatic carbocycles. The minimum absolute atomic E-state index is 0.0305. The van der Waals surface area contributed by atoms with Crippen molar-refractivity contribution in [2.24, 2.45) is 0 Å². The molecule has 1 aromatic rings. The zero-order chi connectivity index (χ0) is 18.5. The number of rotatable bonds is 4. The largest absolute Gasteiger partial charge is 0.352 e. The first-order valence-corrected chi connectivity index (χ1v) is 8.90. The summed E-state index contributed by atoms with van der Waals surface area (Å²) in [7, 11) is 0. The number of nitrogens with zero attached hydrogens (tertiary/aromatic N) is 2. The van der Waals surface area contributed by atoms with E-state index in [0.717, 1.165) is 25.7 Å². The van der Waals surface area contributed by atoms with Gasteiger partial charge in [0.25, 0.3) is 0 Å². The van der Waals surface area contributed by atoms with E-state index < -0.39 is 6.03 Å².